The number of pyridine rings is 1. The van der Waals surface area contributed by atoms with Crippen LogP contribution in [-0.4, -0.2) is 105 Å². The fourth-order valence-corrected chi connectivity index (χ4v) is 10.2. The van der Waals surface area contributed by atoms with Gasteiger partial charge in [-0.25, -0.2) is 14.6 Å². The van der Waals surface area contributed by atoms with Crippen molar-refractivity contribution >= 4 is 80.1 Å². The summed E-state index contributed by atoms with van der Waals surface area (Å²) >= 11 is 0. The third-order valence-electron chi connectivity index (χ3n) is 11.7. The number of halogens is 1. The molecular weight excluding hydrogens is 952 g/mol. The van der Waals surface area contributed by atoms with E-state index in [1.807, 2.05) is 30.9 Å². The first kappa shape index (κ1) is 49.2. The number of ether oxygens (including phenoxy) is 1. The first-order valence-corrected chi connectivity index (χ1v) is 25.5. The molecule has 3 aromatic carbocycles. The van der Waals surface area contributed by atoms with E-state index in [1.54, 1.807) is 83.2 Å². The Balaban J connectivity index is 0.743. The van der Waals surface area contributed by atoms with Crippen LogP contribution < -0.4 is 25.7 Å². The largest absolute Gasteiger partial charge is 0.494 e. The normalized spacial score (nSPS) is 18.0. The molecule has 7 rings (SSSR count). The lowest BCUT2D eigenvalue weighted by Gasteiger charge is -2.36. The highest BCUT2D eigenvalue weighted by molar-refractivity contribution is 8.77. The maximum Gasteiger partial charge on any atom is 0.333 e. The number of hydrogen-bond acceptors (Lipinski definition) is 14. The maximum absolute atomic E-state index is 15.1. The molecule has 20 heteroatoms. The number of hydrogen-bond donors (Lipinski definition) is 3. The molecule has 1 saturated carbocycles. The number of carbonyl (C=O) groups is 7. The fourth-order valence-electron chi connectivity index (χ4n) is 7.68. The third kappa shape index (κ3) is 15.1. The van der Waals surface area contributed by atoms with Gasteiger partial charge in [0.1, 0.15) is 11.6 Å². The van der Waals surface area contributed by atoms with Crippen molar-refractivity contribution in [3.05, 3.63) is 119 Å². The summed E-state index contributed by atoms with van der Waals surface area (Å²) in [6.45, 7) is 8.16. The smallest absolute Gasteiger partial charge is 0.333 e. The molecule has 71 heavy (non-hydrogen) atoms. The van der Waals surface area contributed by atoms with Crippen molar-refractivity contribution in [1.29, 1.82) is 0 Å². The van der Waals surface area contributed by atoms with Crippen LogP contribution in [0, 0.1) is 11.7 Å². The van der Waals surface area contributed by atoms with Crippen LogP contribution in [-0.2, 0) is 40.1 Å². The summed E-state index contributed by atoms with van der Waals surface area (Å²) in [5.74, 6) is -3.92. The van der Waals surface area contributed by atoms with E-state index in [4.69, 9.17) is 12.3 Å². The van der Waals surface area contributed by atoms with E-state index in [2.05, 4.69) is 31.0 Å². The summed E-state index contributed by atoms with van der Waals surface area (Å²) in [6, 6.07) is 21.7. The van der Waals surface area contributed by atoms with Crippen molar-refractivity contribution in [3.8, 4) is 5.75 Å². The van der Waals surface area contributed by atoms with Crippen LogP contribution in [0.2, 0.25) is 0 Å². The van der Waals surface area contributed by atoms with Crippen molar-refractivity contribution in [2.75, 3.05) is 48.8 Å². The molecule has 3 N–H and O–H groups in total. The molecule has 3 heterocycles. The first-order valence-electron chi connectivity index (χ1n) is 24.2. The Kier molecular flexibility index (Phi) is 16.9. The number of aromatic nitrogens is 1. The van der Waals surface area contributed by atoms with E-state index in [0.29, 0.717) is 72.4 Å². The Morgan fingerprint density at radius 3 is 2.34 bits per heavy atom. The van der Waals surface area contributed by atoms with E-state index in [0.717, 1.165) is 17.3 Å². The first-order chi connectivity index (χ1) is 34.9. The van der Waals surface area contributed by atoms with Crippen LogP contribution in [0.25, 0.3) is 0 Å². The van der Waals surface area contributed by atoms with Gasteiger partial charge in [-0.15, -0.1) is 5.06 Å². The highest BCUT2D eigenvalue weighted by atomic mass is 33.1. The second kappa shape index (κ2) is 24.4. The van der Waals surface area contributed by atoms with Gasteiger partial charge >= 0.3 is 5.97 Å². The van der Waals surface area contributed by atoms with Crippen LogP contribution in [0.15, 0.2) is 96.4 Å². The minimum atomic E-state index is -1.75. The number of benzene rings is 3. The van der Waals surface area contributed by atoms with Crippen molar-refractivity contribution in [2.24, 2.45) is 11.0 Å². The Morgan fingerprint density at radius 2 is 1.65 bits per heavy atom. The molecule has 17 nitrogen and oxygen atoms in total. The second-order valence-corrected chi connectivity index (χ2v) is 20.8. The summed E-state index contributed by atoms with van der Waals surface area (Å²) in [4.78, 5) is 99.9. The molecule has 3 aliphatic rings. The molecule has 1 aliphatic carbocycles. The second-order valence-electron chi connectivity index (χ2n) is 17.6. The van der Waals surface area contributed by atoms with Crippen LogP contribution in [0.3, 0.4) is 0 Å². The van der Waals surface area contributed by atoms with Gasteiger partial charge in [-0.05, 0) is 117 Å². The van der Waals surface area contributed by atoms with E-state index in [-0.39, 0.29) is 67.8 Å². The number of piperazine rings is 1. The molecule has 0 spiro atoms. The van der Waals surface area contributed by atoms with Crippen molar-refractivity contribution in [1.82, 2.24) is 25.7 Å². The van der Waals surface area contributed by atoms with E-state index < -0.39 is 52.5 Å². The molecule has 374 valence electrons. The molecule has 4 aromatic rings. The van der Waals surface area contributed by atoms with Crippen LogP contribution in [0.5, 0.6) is 5.75 Å². The minimum Gasteiger partial charge on any atom is -0.494 e. The Bertz CT molecular complexity index is 2700. The van der Waals surface area contributed by atoms with E-state index >= 15 is 4.39 Å². The average Bonchev–Trinajstić information content (AvgIpc) is 3.84. The minimum absolute atomic E-state index is 0.0247. The Labute approximate surface area is 422 Å². The molecule has 0 radical (unpaired) electrons. The van der Waals surface area contributed by atoms with Gasteiger partial charge in [-0.3, -0.25) is 33.8 Å². The molecule has 1 aromatic heterocycles. The summed E-state index contributed by atoms with van der Waals surface area (Å²) in [6.07, 6.45) is 2.29. The predicted octanol–water partition coefficient (Wildman–Crippen LogP) is 6.79. The lowest BCUT2D eigenvalue weighted by atomic mass is 10.1. The summed E-state index contributed by atoms with van der Waals surface area (Å²) in [5.41, 5.74) is 6.32. The third-order valence-corrected chi connectivity index (χ3v) is 15.0. The lowest BCUT2D eigenvalue weighted by Crippen LogP contribution is -2.48. The van der Waals surface area contributed by atoms with Crippen molar-refractivity contribution in [3.63, 3.8) is 0 Å². The number of carbonyl (C=O) groups excluding carboxylic acids is 7. The number of anilines is 2. The fraction of sp³-hybridized carbons (Fsp3) is 0.392. The topological polar surface area (TPSA) is 209 Å². The van der Waals surface area contributed by atoms with Gasteiger partial charge in [0.2, 0.25) is 17.7 Å². The van der Waals surface area contributed by atoms with Gasteiger partial charge in [-0.2, -0.15) is 5.10 Å². The number of imide groups is 1. The van der Waals surface area contributed by atoms with Crippen molar-refractivity contribution in [2.45, 2.75) is 82.9 Å². The number of nitrogens with one attached hydrogen (secondary N) is 3. The summed E-state index contributed by atoms with van der Waals surface area (Å²) in [5, 5.41) is 10.1. The molecule has 2 unspecified atom stereocenters. The monoisotopic (exact) mass is 1010 g/mol. The van der Waals surface area contributed by atoms with Crippen LogP contribution >= 0.6 is 21.6 Å². The molecular formula is C51H57FN8O9S2. The molecule has 2 aliphatic heterocycles. The van der Waals surface area contributed by atoms with Gasteiger partial charge in [-0.1, -0.05) is 33.7 Å². The van der Waals surface area contributed by atoms with Crippen LogP contribution in [0.1, 0.15) is 101 Å². The standard InChI is InChI=1S/C51H57FN8O9S2/c1-33(34-11-16-40(17-12-34)68-26-5-7-48(65)69-60-46(63)18-19-47(60)64)56-57-44(61)30-51(2,3)71-70-27-20-45(62)59-24-22-58(23-25-59)39-14-9-35(10-15-39)49(66)54-32-37-8-13-38(28-43(37)52)55-50(67)42-29-41(42)36-6-4-21-53-31-36/h4,6,8-17,21,28,31,41-42H,5,7,18-20,22-27,29-30,32H2,1-3H3,(H,54,66)(H,55,67)(H,57,61)/b56-33+/i29D2. The van der Waals surface area contributed by atoms with E-state index in [9.17, 15) is 33.6 Å². The lowest BCUT2D eigenvalue weighted by molar-refractivity contribution is -0.197. The SMILES string of the molecule is [2H]C1([2H])C(C(=O)Nc2ccc(CNC(=O)c3ccc(N4CCN(C(=O)CCSSC(C)(C)CC(=O)N/N=C(\C)c5ccc(OCCCC(=O)ON6C(=O)CCC6=O)cc5)CC4)cc3)c(F)c2)C1c1cccnc1. The number of amides is 6. The van der Waals surface area contributed by atoms with Crippen molar-refractivity contribution < 1.29 is 50.3 Å². The Hall–Kier alpha value is -6.80. The zero-order valence-electron chi connectivity index (χ0n) is 41.6. The number of nitrogens with zero attached hydrogens (tertiary/aromatic N) is 5. The molecule has 0 bridgehead atoms. The Morgan fingerprint density at radius 1 is 0.930 bits per heavy atom. The number of hydrazone groups is 1. The number of hydroxylamine groups is 2. The molecule has 3 fully saturated rings. The van der Waals surface area contributed by atoms with E-state index in [1.165, 1.54) is 18.3 Å². The van der Waals surface area contributed by atoms with Gasteiger partial charge in [0.05, 0.1) is 18.7 Å². The van der Waals surface area contributed by atoms with Gasteiger partial charge in [0.15, 0.2) is 0 Å². The van der Waals surface area contributed by atoms with Gasteiger partial charge in [0.25, 0.3) is 17.7 Å². The van der Waals surface area contributed by atoms with Crippen LogP contribution in [0.4, 0.5) is 15.8 Å². The molecule has 2 saturated heterocycles. The molecule has 2 atom stereocenters. The van der Waals surface area contributed by atoms with Gasteiger partial charge < -0.3 is 30.0 Å². The summed E-state index contributed by atoms with van der Waals surface area (Å²) < 4.78 is 36.8. The molecule has 6 amide bonds. The zero-order valence-corrected chi connectivity index (χ0v) is 41.2. The average molecular weight is 1010 g/mol. The van der Waals surface area contributed by atoms with Gasteiger partial charge in [0, 0.05) is 112 Å². The maximum atomic E-state index is 15.1. The zero-order chi connectivity index (χ0) is 52.3. The predicted molar refractivity (Wildman–Crippen MR) is 269 cm³/mol. The highest BCUT2D eigenvalue weighted by Gasteiger charge is 2.44. The quantitative estimate of drug-likeness (QED) is 0.0244. The summed E-state index contributed by atoms with van der Waals surface area (Å²) in [7, 11) is 3.09. The number of rotatable bonds is 22. The highest BCUT2D eigenvalue weighted by Crippen LogP contribution is 2.47.